The fourth-order valence-corrected chi connectivity index (χ4v) is 5.86. The van der Waals surface area contributed by atoms with Crippen LogP contribution in [0.4, 0.5) is 4.39 Å². The number of halogens is 1. The lowest BCUT2D eigenvalue weighted by molar-refractivity contribution is -0.167. The minimum Gasteiger partial charge on any atom is -0.484 e. The standard InChI is InChI=1S/C19H25FN2O6S/c20-15-1-3-16(4-2-15)27-11-18(23)22-12-19(13-22)14-29(24,25)17(10-28-19)9-21-5-7-26-8-6-21/h1-4,17H,5-14H2/t17-/m0/s1. The van der Waals surface area contributed by atoms with Gasteiger partial charge in [0.1, 0.15) is 17.2 Å². The molecule has 0 bridgehead atoms. The van der Waals surface area contributed by atoms with Crippen molar-refractivity contribution in [3.05, 3.63) is 30.1 Å². The molecule has 4 rings (SSSR count). The maximum Gasteiger partial charge on any atom is 0.260 e. The summed E-state index contributed by atoms with van der Waals surface area (Å²) in [6.07, 6.45) is 0. The molecule has 1 amide bonds. The van der Waals surface area contributed by atoms with Crippen LogP contribution in [0.15, 0.2) is 24.3 Å². The van der Waals surface area contributed by atoms with Gasteiger partial charge in [-0.1, -0.05) is 0 Å². The van der Waals surface area contributed by atoms with Crippen LogP contribution in [0.3, 0.4) is 0 Å². The van der Waals surface area contributed by atoms with Gasteiger partial charge in [-0.25, -0.2) is 12.8 Å². The first-order chi connectivity index (χ1) is 13.9. The molecule has 0 aliphatic carbocycles. The van der Waals surface area contributed by atoms with Gasteiger partial charge in [-0.3, -0.25) is 9.69 Å². The molecule has 3 heterocycles. The molecule has 3 aliphatic rings. The van der Waals surface area contributed by atoms with Gasteiger partial charge in [0.05, 0.1) is 43.9 Å². The average Bonchev–Trinajstić information content (AvgIpc) is 2.67. The topological polar surface area (TPSA) is 85.4 Å². The normalized spacial score (nSPS) is 26.1. The number of amides is 1. The lowest BCUT2D eigenvalue weighted by atomic mass is 9.95. The van der Waals surface area contributed by atoms with Gasteiger partial charge in [0.2, 0.25) is 0 Å². The second kappa shape index (κ2) is 8.17. The summed E-state index contributed by atoms with van der Waals surface area (Å²) in [4.78, 5) is 15.9. The van der Waals surface area contributed by atoms with Crippen molar-refractivity contribution in [3.8, 4) is 5.75 Å². The van der Waals surface area contributed by atoms with Crippen molar-refractivity contribution in [1.29, 1.82) is 0 Å². The lowest BCUT2D eigenvalue weighted by Gasteiger charge is -2.52. The van der Waals surface area contributed by atoms with Gasteiger partial charge in [-0.2, -0.15) is 0 Å². The van der Waals surface area contributed by atoms with E-state index in [1.54, 1.807) is 0 Å². The molecule has 1 spiro atoms. The van der Waals surface area contributed by atoms with E-state index in [1.165, 1.54) is 29.2 Å². The van der Waals surface area contributed by atoms with E-state index in [9.17, 15) is 17.6 Å². The maximum absolute atomic E-state index is 12.9. The smallest absolute Gasteiger partial charge is 0.260 e. The van der Waals surface area contributed by atoms with Crippen LogP contribution in [0.25, 0.3) is 0 Å². The first kappa shape index (κ1) is 20.5. The third-order valence-electron chi connectivity index (χ3n) is 5.60. The quantitative estimate of drug-likeness (QED) is 0.649. The molecule has 0 unspecified atom stereocenters. The number of morpholine rings is 1. The summed E-state index contributed by atoms with van der Waals surface area (Å²) in [6, 6.07) is 5.41. The molecule has 1 aromatic rings. The van der Waals surface area contributed by atoms with Gasteiger partial charge in [-0.05, 0) is 24.3 Å². The number of sulfone groups is 1. The average molecular weight is 428 g/mol. The molecule has 0 aromatic heterocycles. The van der Waals surface area contributed by atoms with Crippen molar-refractivity contribution in [2.75, 3.05) is 64.9 Å². The minimum atomic E-state index is -3.31. The van der Waals surface area contributed by atoms with Gasteiger partial charge in [0.15, 0.2) is 16.4 Å². The second-order valence-electron chi connectivity index (χ2n) is 7.83. The molecule has 29 heavy (non-hydrogen) atoms. The van der Waals surface area contributed by atoms with Crippen LogP contribution in [-0.2, 0) is 24.1 Å². The molecule has 10 heteroatoms. The highest BCUT2D eigenvalue weighted by Crippen LogP contribution is 2.33. The van der Waals surface area contributed by atoms with Crippen LogP contribution in [-0.4, -0.2) is 99.9 Å². The van der Waals surface area contributed by atoms with Crippen molar-refractivity contribution in [1.82, 2.24) is 9.80 Å². The number of likely N-dealkylation sites (tertiary alicyclic amines) is 1. The Morgan fingerprint density at radius 1 is 1.21 bits per heavy atom. The minimum absolute atomic E-state index is 0.0718. The second-order valence-corrected chi connectivity index (χ2v) is 10.1. The van der Waals surface area contributed by atoms with Crippen LogP contribution < -0.4 is 4.74 Å². The van der Waals surface area contributed by atoms with E-state index in [0.717, 1.165) is 13.1 Å². The summed E-state index contributed by atoms with van der Waals surface area (Å²) in [5.74, 6) is -0.304. The zero-order valence-corrected chi connectivity index (χ0v) is 16.9. The highest BCUT2D eigenvalue weighted by atomic mass is 32.2. The first-order valence-corrected chi connectivity index (χ1v) is 11.4. The molecule has 3 fully saturated rings. The Labute approximate surface area is 169 Å². The van der Waals surface area contributed by atoms with Crippen LogP contribution in [0.1, 0.15) is 0 Å². The van der Waals surface area contributed by atoms with Crippen molar-refractivity contribution in [3.63, 3.8) is 0 Å². The van der Waals surface area contributed by atoms with E-state index in [4.69, 9.17) is 14.2 Å². The van der Waals surface area contributed by atoms with Gasteiger partial charge >= 0.3 is 0 Å². The van der Waals surface area contributed by atoms with Gasteiger partial charge in [0, 0.05) is 19.6 Å². The number of carbonyl (C=O) groups excluding carboxylic acids is 1. The van der Waals surface area contributed by atoms with E-state index in [1.807, 2.05) is 0 Å². The maximum atomic E-state index is 12.9. The molecule has 0 N–H and O–H groups in total. The largest absolute Gasteiger partial charge is 0.484 e. The van der Waals surface area contributed by atoms with Crippen LogP contribution in [0.5, 0.6) is 5.75 Å². The van der Waals surface area contributed by atoms with E-state index in [0.29, 0.717) is 25.5 Å². The molecule has 8 nitrogen and oxygen atoms in total. The Morgan fingerprint density at radius 3 is 2.55 bits per heavy atom. The fraction of sp³-hybridized carbons (Fsp3) is 0.632. The predicted molar refractivity (Wildman–Crippen MR) is 102 cm³/mol. The van der Waals surface area contributed by atoms with E-state index < -0.39 is 20.7 Å². The monoisotopic (exact) mass is 428 g/mol. The molecule has 1 aromatic carbocycles. The van der Waals surface area contributed by atoms with E-state index in [2.05, 4.69) is 4.90 Å². The van der Waals surface area contributed by atoms with Crippen molar-refractivity contribution in [2.45, 2.75) is 10.9 Å². The van der Waals surface area contributed by atoms with E-state index in [-0.39, 0.29) is 43.8 Å². The summed E-state index contributed by atoms with van der Waals surface area (Å²) in [6.45, 7) is 3.59. The molecular formula is C19H25FN2O6S. The summed E-state index contributed by atoms with van der Waals surface area (Å²) in [5.41, 5.74) is -0.814. The van der Waals surface area contributed by atoms with Crippen molar-refractivity contribution >= 4 is 15.7 Å². The highest BCUT2D eigenvalue weighted by molar-refractivity contribution is 7.92. The summed E-state index contributed by atoms with van der Waals surface area (Å²) >= 11 is 0. The Hall–Kier alpha value is -1.75. The number of hydrogen-bond donors (Lipinski definition) is 0. The Kier molecular flexibility index (Phi) is 5.78. The van der Waals surface area contributed by atoms with Crippen molar-refractivity contribution in [2.24, 2.45) is 0 Å². The number of hydrogen-bond acceptors (Lipinski definition) is 7. The molecular weight excluding hydrogens is 403 g/mol. The molecule has 1 atom stereocenters. The number of nitrogens with zero attached hydrogens (tertiary/aromatic N) is 2. The zero-order valence-electron chi connectivity index (χ0n) is 16.1. The summed E-state index contributed by atoms with van der Waals surface area (Å²) in [5, 5.41) is -0.544. The summed E-state index contributed by atoms with van der Waals surface area (Å²) < 4.78 is 55.1. The number of ether oxygens (including phenoxy) is 3. The molecule has 0 radical (unpaired) electrons. The molecule has 3 saturated heterocycles. The van der Waals surface area contributed by atoms with Crippen molar-refractivity contribution < 1.29 is 31.8 Å². The predicted octanol–water partition coefficient (Wildman–Crippen LogP) is -0.0687. The summed E-state index contributed by atoms with van der Waals surface area (Å²) in [7, 11) is -3.31. The molecule has 0 saturated carbocycles. The Bertz CT molecular complexity index is 835. The van der Waals surface area contributed by atoms with Crippen LogP contribution >= 0.6 is 0 Å². The number of benzene rings is 1. The SMILES string of the molecule is O=C(COc1ccc(F)cc1)N1CC2(C1)CS(=O)(=O)[C@@H](CN1CCOCC1)CO2. The molecule has 3 aliphatic heterocycles. The van der Waals surface area contributed by atoms with E-state index >= 15 is 0 Å². The van der Waals surface area contributed by atoms with Gasteiger partial charge < -0.3 is 19.1 Å². The van der Waals surface area contributed by atoms with Crippen LogP contribution in [0, 0.1) is 5.82 Å². The third kappa shape index (κ3) is 4.71. The lowest BCUT2D eigenvalue weighted by Crippen LogP contribution is -2.71. The Balaban J connectivity index is 1.26. The fourth-order valence-electron chi connectivity index (χ4n) is 3.91. The first-order valence-electron chi connectivity index (χ1n) is 9.67. The third-order valence-corrected chi connectivity index (χ3v) is 7.83. The number of carbonyl (C=O) groups is 1. The van der Waals surface area contributed by atoms with Gasteiger partial charge in [0.25, 0.3) is 5.91 Å². The zero-order chi connectivity index (χ0) is 20.5. The van der Waals surface area contributed by atoms with Gasteiger partial charge in [-0.15, -0.1) is 0 Å². The number of rotatable bonds is 5. The van der Waals surface area contributed by atoms with Crippen LogP contribution in [0.2, 0.25) is 0 Å². The molecule has 160 valence electrons. The Morgan fingerprint density at radius 2 is 1.90 bits per heavy atom. The highest BCUT2D eigenvalue weighted by Gasteiger charge is 2.53.